The highest BCUT2D eigenvalue weighted by Crippen LogP contribution is 2.42. The molecular formula is C39H47NO3. The first kappa shape index (κ1) is 31.2. The maximum atomic E-state index is 12.1. The molecule has 0 spiro atoms. The van der Waals surface area contributed by atoms with Crippen molar-refractivity contribution in [2.45, 2.75) is 69.9 Å². The van der Waals surface area contributed by atoms with E-state index in [0.29, 0.717) is 6.61 Å². The molecule has 1 unspecified atom stereocenters. The van der Waals surface area contributed by atoms with Gasteiger partial charge in [0.05, 0.1) is 18.3 Å². The van der Waals surface area contributed by atoms with Gasteiger partial charge in [0, 0.05) is 6.42 Å². The normalized spacial score (nSPS) is 15.8. The molecule has 43 heavy (non-hydrogen) atoms. The smallest absolute Gasteiger partial charge is 0.117 e. The molecule has 0 aromatic heterocycles. The number of aliphatic hydroxyl groups is 2. The first-order chi connectivity index (χ1) is 20.8. The molecule has 0 radical (unpaired) electrons. The molecular weight excluding hydrogens is 530 g/mol. The summed E-state index contributed by atoms with van der Waals surface area (Å²) in [6.07, 6.45) is 3.91. The minimum absolute atomic E-state index is 0.159. The fourth-order valence-corrected chi connectivity index (χ4v) is 6.53. The van der Waals surface area contributed by atoms with E-state index >= 15 is 0 Å². The van der Waals surface area contributed by atoms with Crippen LogP contribution in [0.2, 0.25) is 0 Å². The zero-order valence-corrected chi connectivity index (χ0v) is 25.7. The molecule has 5 rings (SSSR count). The number of nitrogens with zero attached hydrogens (tertiary/aromatic N) is 1. The summed E-state index contributed by atoms with van der Waals surface area (Å²) in [5.74, 6) is 0.159. The van der Waals surface area contributed by atoms with Gasteiger partial charge in [-0.2, -0.15) is 0 Å². The maximum Gasteiger partial charge on any atom is 0.117 e. The van der Waals surface area contributed by atoms with Crippen LogP contribution in [0.1, 0.15) is 73.5 Å². The van der Waals surface area contributed by atoms with Crippen LogP contribution in [0.3, 0.4) is 0 Å². The number of aliphatic hydroxyl groups excluding tert-OH is 1. The predicted molar refractivity (Wildman–Crippen MR) is 175 cm³/mol. The Morgan fingerprint density at radius 3 is 1.84 bits per heavy atom. The van der Waals surface area contributed by atoms with Gasteiger partial charge in [0.25, 0.3) is 0 Å². The number of likely N-dealkylation sites (tertiary alicyclic amines) is 1. The van der Waals surface area contributed by atoms with Gasteiger partial charge in [-0.3, -0.25) is 0 Å². The van der Waals surface area contributed by atoms with Crippen molar-refractivity contribution in [2.75, 3.05) is 19.6 Å². The van der Waals surface area contributed by atoms with Crippen molar-refractivity contribution in [2.24, 2.45) is 5.92 Å². The summed E-state index contributed by atoms with van der Waals surface area (Å²) in [5.41, 5.74) is 4.04. The summed E-state index contributed by atoms with van der Waals surface area (Å²) in [5, 5.41) is 23.0. The Kier molecular flexibility index (Phi) is 10.5. The van der Waals surface area contributed by atoms with Crippen molar-refractivity contribution in [3.8, 4) is 0 Å². The summed E-state index contributed by atoms with van der Waals surface area (Å²) in [6.45, 7) is 7.74. The Hall–Kier alpha value is -3.28. The summed E-state index contributed by atoms with van der Waals surface area (Å²) < 4.78 is 6.21. The first-order valence-corrected chi connectivity index (χ1v) is 15.8. The lowest BCUT2D eigenvalue weighted by Gasteiger charge is -2.42. The molecule has 0 saturated carbocycles. The molecule has 4 heteroatoms. The highest BCUT2D eigenvalue weighted by atomic mass is 16.5. The maximum absolute atomic E-state index is 12.1. The molecule has 0 bridgehead atoms. The Balaban J connectivity index is 1.08. The van der Waals surface area contributed by atoms with E-state index < -0.39 is 11.7 Å². The third-order valence-corrected chi connectivity index (χ3v) is 9.02. The molecule has 4 aromatic rings. The van der Waals surface area contributed by atoms with Gasteiger partial charge in [-0.15, -0.1) is 0 Å². The summed E-state index contributed by atoms with van der Waals surface area (Å²) in [6, 6.07) is 38.9. The van der Waals surface area contributed by atoms with Crippen LogP contribution in [0.15, 0.2) is 115 Å². The fourth-order valence-electron chi connectivity index (χ4n) is 6.53. The van der Waals surface area contributed by atoms with Crippen molar-refractivity contribution in [3.05, 3.63) is 143 Å². The largest absolute Gasteiger partial charge is 0.388 e. The van der Waals surface area contributed by atoms with Crippen LogP contribution in [0.25, 0.3) is 0 Å². The Morgan fingerprint density at radius 2 is 1.28 bits per heavy atom. The lowest BCUT2D eigenvalue weighted by molar-refractivity contribution is -0.0287. The topological polar surface area (TPSA) is 52.9 Å². The minimum Gasteiger partial charge on any atom is -0.388 e. The average molecular weight is 578 g/mol. The SMILES string of the molecule is CC(C)(Cc1ccc(C(O)CCCN2CCC(C(O)(c3ccccc3)c3ccccc3)CC2)cc1)OCc1ccccc1. The van der Waals surface area contributed by atoms with E-state index in [2.05, 4.69) is 55.1 Å². The monoisotopic (exact) mass is 577 g/mol. The molecule has 0 aliphatic carbocycles. The molecule has 1 atom stereocenters. The van der Waals surface area contributed by atoms with Crippen molar-refractivity contribution < 1.29 is 14.9 Å². The molecule has 1 aliphatic rings. The van der Waals surface area contributed by atoms with E-state index in [0.717, 1.165) is 68.4 Å². The van der Waals surface area contributed by atoms with Crippen molar-refractivity contribution in [1.29, 1.82) is 0 Å². The third kappa shape index (κ3) is 8.21. The average Bonchev–Trinajstić information content (AvgIpc) is 3.05. The van der Waals surface area contributed by atoms with E-state index in [1.54, 1.807) is 0 Å². The fraction of sp³-hybridized carbons (Fsp3) is 0.385. The van der Waals surface area contributed by atoms with Gasteiger partial charge in [-0.1, -0.05) is 115 Å². The van der Waals surface area contributed by atoms with Gasteiger partial charge in [0.2, 0.25) is 0 Å². The summed E-state index contributed by atoms with van der Waals surface area (Å²) >= 11 is 0. The molecule has 4 aromatic carbocycles. The number of rotatable bonds is 13. The predicted octanol–water partition coefficient (Wildman–Crippen LogP) is 7.69. The lowest BCUT2D eigenvalue weighted by Crippen LogP contribution is -2.44. The lowest BCUT2D eigenvalue weighted by atomic mass is 9.72. The number of hydrogen-bond acceptors (Lipinski definition) is 4. The van der Waals surface area contributed by atoms with Crippen LogP contribution in [0.5, 0.6) is 0 Å². The molecule has 1 aliphatic heterocycles. The number of benzene rings is 4. The van der Waals surface area contributed by atoms with Gasteiger partial charge in [-0.05, 0) is 92.9 Å². The molecule has 2 N–H and O–H groups in total. The molecule has 1 fully saturated rings. The molecule has 1 heterocycles. The highest BCUT2D eigenvalue weighted by Gasteiger charge is 2.41. The highest BCUT2D eigenvalue weighted by molar-refractivity contribution is 5.37. The van der Waals surface area contributed by atoms with Crippen LogP contribution in [-0.2, 0) is 23.4 Å². The second-order valence-corrected chi connectivity index (χ2v) is 12.7. The van der Waals surface area contributed by atoms with E-state index in [9.17, 15) is 10.2 Å². The van der Waals surface area contributed by atoms with Crippen LogP contribution >= 0.6 is 0 Å². The van der Waals surface area contributed by atoms with E-state index in [4.69, 9.17) is 4.74 Å². The Morgan fingerprint density at radius 1 is 0.744 bits per heavy atom. The van der Waals surface area contributed by atoms with Crippen LogP contribution in [0.4, 0.5) is 0 Å². The first-order valence-electron chi connectivity index (χ1n) is 15.8. The van der Waals surface area contributed by atoms with Gasteiger partial charge in [0.1, 0.15) is 5.60 Å². The van der Waals surface area contributed by atoms with Crippen molar-refractivity contribution >= 4 is 0 Å². The third-order valence-electron chi connectivity index (χ3n) is 9.02. The molecule has 0 amide bonds. The summed E-state index contributed by atoms with van der Waals surface area (Å²) in [7, 11) is 0. The van der Waals surface area contributed by atoms with E-state index in [1.807, 2.05) is 78.9 Å². The van der Waals surface area contributed by atoms with Gasteiger partial charge in [0.15, 0.2) is 0 Å². The summed E-state index contributed by atoms with van der Waals surface area (Å²) in [4.78, 5) is 2.49. The Bertz CT molecular complexity index is 1330. The molecule has 1 saturated heterocycles. The number of ether oxygens (including phenoxy) is 1. The van der Waals surface area contributed by atoms with Gasteiger partial charge < -0.3 is 19.8 Å². The molecule has 4 nitrogen and oxygen atoms in total. The Labute approximate surface area is 258 Å². The number of hydrogen-bond donors (Lipinski definition) is 2. The van der Waals surface area contributed by atoms with Gasteiger partial charge >= 0.3 is 0 Å². The second-order valence-electron chi connectivity index (χ2n) is 12.7. The zero-order chi connectivity index (χ0) is 30.1. The van der Waals surface area contributed by atoms with Crippen molar-refractivity contribution in [3.63, 3.8) is 0 Å². The second kappa shape index (κ2) is 14.5. The standard InChI is InChI=1S/C39H47NO3/c1-38(2,43-30-32-13-6-3-7-14-32)29-31-20-22-33(23-21-31)37(41)19-12-26-40-27-24-36(25-28-40)39(42,34-15-8-4-9-16-34)35-17-10-5-11-18-35/h3-11,13-18,20-23,36-37,41-42H,12,19,24-30H2,1-2H3. The minimum atomic E-state index is -0.986. The van der Waals surface area contributed by atoms with Crippen molar-refractivity contribution in [1.82, 2.24) is 4.90 Å². The quantitative estimate of drug-likeness (QED) is 0.171. The molecule has 226 valence electrons. The van der Waals surface area contributed by atoms with Gasteiger partial charge in [-0.25, -0.2) is 0 Å². The van der Waals surface area contributed by atoms with Crippen LogP contribution in [0, 0.1) is 5.92 Å². The van der Waals surface area contributed by atoms with E-state index in [1.165, 1.54) is 11.1 Å². The van der Waals surface area contributed by atoms with E-state index in [-0.39, 0.29) is 11.5 Å². The zero-order valence-electron chi connectivity index (χ0n) is 25.7. The number of piperidine rings is 1. The van der Waals surface area contributed by atoms with Crippen LogP contribution < -0.4 is 0 Å². The van der Waals surface area contributed by atoms with Crippen LogP contribution in [-0.4, -0.2) is 40.3 Å².